The molecule has 146 valence electrons. The SMILES string of the molecule is CC(C)(C)OCCOC1CC(NCc2ccccc2)C2OC(C)(C)OC12. The second-order valence-electron chi connectivity index (χ2n) is 8.64. The highest BCUT2D eigenvalue weighted by molar-refractivity contribution is 5.15. The molecule has 0 bridgehead atoms. The third kappa shape index (κ3) is 5.27. The summed E-state index contributed by atoms with van der Waals surface area (Å²) in [6.45, 7) is 12.1. The van der Waals surface area contributed by atoms with Gasteiger partial charge in [0.05, 0.1) is 24.9 Å². The van der Waals surface area contributed by atoms with Crippen molar-refractivity contribution in [2.45, 2.75) is 83.3 Å². The van der Waals surface area contributed by atoms with Crippen molar-refractivity contribution in [3.05, 3.63) is 35.9 Å². The van der Waals surface area contributed by atoms with Gasteiger partial charge in [-0.2, -0.15) is 0 Å². The second kappa shape index (κ2) is 7.95. The van der Waals surface area contributed by atoms with Crippen LogP contribution in [-0.2, 0) is 25.5 Å². The van der Waals surface area contributed by atoms with E-state index >= 15 is 0 Å². The van der Waals surface area contributed by atoms with Crippen LogP contribution in [0.25, 0.3) is 0 Å². The van der Waals surface area contributed by atoms with E-state index in [0.29, 0.717) is 13.2 Å². The third-order valence-corrected chi connectivity index (χ3v) is 4.77. The zero-order valence-corrected chi connectivity index (χ0v) is 16.7. The smallest absolute Gasteiger partial charge is 0.163 e. The van der Waals surface area contributed by atoms with Crippen LogP contribution in [0.15, 0.2) is 30.3 Å². The molecular formula is C21H33NO4. The minimum absolute atomic E-state index is 0.0160. The summed E-state index contributed by atoms with van der Waals surface area (Å²) in [5.74, 6) is -0.564. The molecule has 0 amide bonds. The van der Waals surface area contributed by atoms with E-state index in [4.69, 9.17) is 18.9 Å². The highest BCUT2D eigenvalue weighted by atomic mass is 16.8. The van der Waals surface area contributed by atoms with E-state index in [2.05, 4.69) is 50.4 Å². The van der Waals surface area contributed by atoms with Gasteiger partial charge in [-0.25, -0.2) is 0 Å². The minimum Gasteiger partial charge on any atom is -0.373 e. The van der Waals surface area contributed by atoms with E-state index < -0.39 is 5.79 Å². The molecule has 5 heteroatoms. The largest absolute Gasteiger partial charge is 0.373 e. The van der Waals surface area contributed by atoms with Crippen LogP contribution in [0.2, 0.25) is 0 Å². The van der Waals surface area contributed by atoms with E-state index in [1.54, 1.807) is 0 Å². The van der Waals surface area contributed by atoms with Crippen molar-refractivity contribution < 1.29 is 18.9 Å². The van der Waals surface area contributed by atoms with E-state index in [1.165, 1.54) is 5.56 Å². The fraction of sp³-hybridized carbons (Fsp3) is 0.714. The summed E-state index contributed by atoms with van der Waals surface area (Å²) in [6.07, 6.45) is 0.891. The number of ether oxygens (including phenoxy) is 4. The molecule has 1 aliphatic carbocycles. The first-order valence-electron chi connectivity index (χ1n) is 9.62. The number of benzene rings is 1. The predicted octanol–water partition coefficient (Wildman–Crippen LogP) is 3.27. The first kappa shape index (κ1) is 19.8. The van der Waals surface area contributed by atoms with Crippen LogP contribution in [0.4, 0.5) is 0 Å². The Hall–Kier alpha value is -0.980. The maximum atomic E-state index is 6.17. The molecule has 1 N–H and O–H groups in total. The lowest BCUT2D eigenvalue weighted by molar-refractivity contribution is -0.170. The van der Waals surface area contributed by atoms with Crippen molar-refractivity contribution in [1.82, 2.24) is 5.32 Å². The van der Waals surface area contributed by atoms with Crippen molar-refractivity contribution in [3.63, 3.8) is 0 Å². The molecule has 3 rings (SSSR count). The van der Waals surface area contributed by atoms with Gasteiger partial charge in [-0.1, -0.05) is 30.3 Å². The van der Waals surface area contributed by atoms with Gasteiger partial charge < -0.3 is 24.3 Å². The van der Waals surface area contributed by atoms with Gasteiger partial charge in [0.2, 0.25) is 0 Å². The number of fused-ring (bicyclic) bond motifs is 1. The molecule has 1 heterocycles. The Morgan fingerprint density at radius 3 is 2.46 bits per heavy atom. The molecular weight excluding hydrogens is 330 g/mol. The third-order valence-electron chi connectivity index (χ3n) is 4.77. The Balaban J connectivity index is 1.55. The summed E-state index contributed by atoms with van der Waals surface area (Å²) in [5, 5.41) is 3.64. The Labute approximate surface area is 157 Å². The predicted molar refractivity (Wildman–Crippen MR) is 101 cm³/mol. The molecule has 0 aromatic heterocycles. The van der Waals surface area contributed by atoms with Crippen molar-refractivity contribution in [2.24, 2.45) is 0 Å². The number of rotatable bonds is 7. The number of nitrogens with one attached hydrogen (secondary N) is 1. The number of hydrogen-bond acceptors (Lipinski definition) is 5. The van der Waals surface area contributed by atoms with Gasteiger partial charge in [0.15, 0.2) is 5.79 Å². The highest BCUT2D eigenvalue weighted by Gasteiger charge is 2.54. The van der Waals surface area contributed by atoms with Crippen LogP contribution in [0, 0.1) is 0 Å². The van der Waals surface area contributed by atoms with Crippen molar-refractivity contribution in [2.75, 3.05) is 13.2 Å². The van der Waals surface area contributed by atoms with Gasteiger partial charge in [0.1, 0.15) is 12.2 Å². The summed E-state index contributed by atoms with van der Waals surface area (Å²) in [6, 6.07) is 10.6. The molecule has 1 aromatic carbocycles. The van der Waals surface area contributed by atoms with Crippen LogP contribution in [0.5, 0.6) is 0 Å². The van der Waals surface area contributed by atoms with Crippen molar-refractivity contribution in [3.8, 4) is 0 Å². The molecule has 1 aromatic rings. The van der Waals surface area contributed by atoms with Gasteiger partial charge in [-0.3, -0.25) is 0 Å². The monoisotopic (exact) mass is 363 g/mol. The summed E-state index contributed by atoms with van der Waals surface area (Å²) in [7, 11) is 0. The fourth-order valence-corrected chi connectivity index (χ4v) is 3.69. The van der Waals surface area contributed by atoms with E-state index in [-0.39, 0.29) is 30.0 Å². The molecule has 0 radical (unpaired) electrons. The summed E-state index contributed by atoms with van der Waals surface area (Å²) in [5.41, 5.74) is 1.13. The quantitative estimate of drug-likeness (QED) is 0.754. The lowest BCUT2D eigenvalue weighted by atomic mass is 10.1. The standard InChI is InChI=1S/C21H33NO4/c1-20(2,3)24-12-11-23-17-13-16(18-19(17)26-21(4,5)25-18)22-14-15-9-7-6-8-10-15/h6-10,16-19,22H,11-14H2,1-5H3. The van der Waals surface area contributed by atoms with Gasteiger partial charge in [-0.05, 0) is 46.6 Å². The summed E-state index contributed by atoms with van der Waals surface area (Å²) < 4.78 is 24.2. The Bertz CT molecular complexity index is 569. The summed E-state index contributed by atoms with van der Waals surface area (Å²) >= 11 is 0. The summed E-state index contributed by atoms with van der Waals surface area (Å²) in [4.78, 5) is 0. The van der Waals surface area contributed by atoms with Gasteiger partial charge in [-0.15, -0.1) is 0 Å². The fourth-order valence-electron chi connectivity index (χ4n) is 3.69. The molecule has 0 spiro atoms. The number of hydrogen-bond donors (Lipinski definition) is 1. The minimum atomic E-state index is -0.564. The molecule has 2 aliphatic rings. The molecule has 1 aliphatic heterocycles. The topological polar surface area (TPSA) is 49.0 Å². The zero-order valence-electron chi connectivity index (χ0n) is 16.7. The van der Waals surface area contributed by atoms with Crippen LogP contribution in [0.3, 0.4) is 0 Å². The molecule has 4 atom stereocenters. The van der Waals surface area contributed by atoms with Crippen LogP contribution in [0.1, 0.15) is 46.6 Å². The van der Waals surface area contributed by atoms with E-state index in [1.807, 2.05) is 19.9 Å². The highest BCUT2D eigenvalue weighted by Crippen LogP contribution is 2.39. The molecule has 26 heavy (non-hydrogen) atoms. The Kier molecular flexibility index (Phi) is 6.04. The van der Waals surface area contributed by atoms with Crippen LogP contribution in [-0.4, -0.2) is 49.0 Å². The maximum absolute atomic E-state index is 6.17. The van der Waals surface area contributed by atoms with Crippen LogP contribution >= 0.6 is 0 Å². The van der Waals surface area contributed by atoms with E-state index in [0.717, 1.165) is 13.0 Å². The Morgan fingerprint density at radius 2 is 1.77 bits per heavy atom. The molecule has 1 saturated heterocycles. The maximum Gasteiger partial charge on any atom is 0.163 e. The van der Waals surface area contributed by atoms with Gasteiger partial charge >= 0.3 is 0 Å². The van der Waals surface area contributed by atoms with Crippen LogP contribution < -0.4 is 5.32 Å². The van der Waals surface area contributed by atoms with E-state index in [9.17, 15) is 0 Å². The van der Waals surface area contributed by atoms with Gasteiger partial charge in [0, 0.05) is 12.6 Å². The Morgan fingerprint density at radius 1 is 1.08 bits per heavy atom. The van der Waals surface area contributed by atoms with Crippen molar-refractivity contribution >= 4 is 0 Å². The normalized spacial score (nSPS) is 30.5. The second-order valence-corrected chi connectivity index (χ2v) is 8.64. The zero-order chi connectivity index (χ0) is 18.8. The molecule has 1 saturated carbocycles. The molecule has 5 nitrogen and oxygen atoms in total. The average molecular weight is 363 g/mol. The molecule has 2 fully saturated rings. The average Bonchev–Trinajstić information content (AvgIpc) is 3.03. The molecule has 4 unspecified atom stereocenters. The van der Waals surface area contributed by atoms with Gasteiger partial charge in [0.25, 0.3) is 0 Å². The lowest BCUT2D eigenvalue weighted by Gasteiger charge is -2.25. The first-order chi connectivity index (χ1) is 12.2. The first-order valence-corrected chi connectivity index (χ1v) is 9.62. The lowest BCUT2D eigenvalue weighted by Crippen LogP contribution is -2.39. The van der Waals surface area contributed by atoms with Crippen molar-refractivity contribution in [1.29, 1.82) is 0 Å².